The van der Waals surface area contributed by atoms with Crippen molar-refractivity contribution in [2.75, 3.05) is 0 Å². The minimum atomic E-state index is 0.835. The fourth-order valence-electron chi connectivity index (χ4n) is 6.66. The summed E-state index contributed by atoms with van der Waals surface area (Å²) in [5.74, 6) is 2.74. The van der Waals surface area contributed by atoms with Gasteiger partial charge < -0.3 is 4.74 Å². The molecule has 9 rings (SSSR count). The van der Waals surface area contributed by atoms with E-state index in [2.05, 4.69) is 139 Å². The fraction of sp³-hybridized carbons (Fsp3) is 0.0488. The van der Waals surface area contributed by atoms with E-state index in [0.29, 0.717) is 0 Å². The van der Waals surface area contributed by atoms with Gasteiger partial charge in [0.2, 0.25) is 0 Å². The van der Waals surface area contributed by atoms with Crippen LogP contribution in [0.3, 0.4) is 0 Å². The lowest BCUT2D eigenvalue weighted by atomic mass is 9.91. The first-order chi connectivity index (χ1) is 21.7. The molecule has 7 aromatic carbocycles. The summed E-state index contributed by atoms with van der Waals surface area (Å²) < 4.78 is 8.69. The molecular weight excluding hydrogens is 536 g/mol. The number of ether oxygens (including phenoxy) is 1. The smallest absolute Gasteiger partial charge is 0.153 e. The van der Waals surface area contributed by atoms with E-state index in [0.717, 1.165) is 51.6 Å². The molecule has 8 aromatic rings. The first-order valence-electron chi connectivity index (χ1n) is 15.2. The van der Waals surface area contributed by atoms with E-state index in [1.54, 1.807) is 0 Å². The van der Waals surface area contributed by atoms with Crippen molar-refractivity contribution in [2.24, 2.45) is 0 Å². The zero-order valence-corrected chi connectivity index (χ0v) is 24.3. The lowest BCUT2D eigenvalue weighted by Crippen LogP contribution is -2.07. The van der Waals surface area contributed by atoms with E-state index in [1.165, 1.54) is 43.8 Å². The van der Waals surface area contributed by atoms with E-state index in [1.807, 2.05) is 12.1 Å². The van der Waals surface area contributed by atoms with Crippen LogP contribution in [0.25, 0.3) is 71.6 Å². The Hall–Kier alpha value is -5.67. The van der Waals surface area contributed by atoms with Gasteiger partial charge in [-0.05, 0) is 110 Å². The lowest BCUT2D eigenvalue weighted by Gasteiger charge is -2.22. The number of hydrogen-bond donors (Lipinski definition) is 0. The van der Waals surface area contributed by atoms with Gasteiger partial charge in [-0.3, -0.25) is 4.57 Å². The molecule has 0 radical (unpaired) electrons. The molecule has 0 atom stereocenters. The molecular formula is C41H28N2O. The van der Waals surface area contributed by atoms with Crippen LogP contribution in [-0.2, 0) is 6.42 Å². The van der Waals surface area contributed by atoms with E-state index in [4.69, 9.17) is 9.72 Å². The standard InChI is InChI=1S/C41H28N2O/c1-2-40-42-36-12-7-13-39-41(36)43(40)37-25-32(18-19-38(37)44-39)35-23-33(30-16-14-26-8-3-5-10-28(26)20-30)22-34(24-35)31-17-15-27-9-4-6-11-29(27)21-31/h3-25H,2H2,1H3. The second-order valence-corrected chi connectivity index (χ2v) is 11.5. The van der Waals surface area contributed by atoms with Gasteiger partial charge in [-0.25, -0.2) is 4.98 Å². The van der Waals surface area contributed by atoms with Crippen LogP contribution in [0, 0.1) is 0 Å². The van der Waals surface area contributed by atoms with Crippen LogP contribution in [0.2, 0.25) is 0 Å². The third-order valence-corrected chi connectivity index (χ3v) is 8.88. The molecule has 1 aliphatic heterocycles. The topological polar surface area (TPSA) is 27.1 Å². The Balaban J connectivity index is 1.25. The maximum absolute atomic E-state index is 6.41. The minimum Gasteiger partial charge on any atom is -0.453 e. The first kappa shape index (κ1) is 24.9. The lowest BCUT2D eigenvalue weighted by molar-refractivity contribution is 0.474. The largest absolute Gasteiger partial charge is 0.453 e. The molecule has 1 aliphatic rings. The number of para-hydroxylation sites is 1. The highest BCUT2D eigenvalue weighted by atomic mass is 16.5. The predicted octanol–water partition coefficient (Wildman–Crippen LogP) is 11.0. The van der Waals surface area contributed by atoms with Gasteiger partial charge in [0.15, 0.2) is 11.5 Å². The number of nitrogens with zero attached hydrogens (tertiary/aromatic N) is 2. The molecule has 0 spiro atoms. The number of rotatable bonds is 4. The van der Waals surface area contributed by atoms with Crippen LogP contribution in [0.4, 0.5) is 0 Å². The van der Waals surface area contributed by atoms with Gasteiger partial charge in [0.05, 0.1) is 11.2 Å². The third-order valence-electron chi connectivity index (χ3n) is 8.88. The van der Waals surface area contributed by atoms with Crippen molar-refractivity contribution in [3.05, 3.63) is 145 Å². The summed E-state index contributed by atoms with van der Waals surface area (Å²) in [6.07, 6.45) is 0.835. The Labute approximate surface area is 255 Å². The van der Waals surface area contributed by atoms with Gasteiger partial charge in [-0.2, -0.15) is 0 Å². The molecule has 2 heterocycles. The fourth-order valence-corrected chi connectivity index (χ4v) is 6.66. The van der Waals surface area contributed by atoms with E-state index >= 15 is 0 Å². The molecule has 1 aromatic heterocycles. The van der Waals surface area contributed by atoms with Gasteiger partial charge in [0, 0.05) is 6.42 Å². The molecule has 3 heteroatoms. The number of fused-ring (bicyclic) bond motifs is 4. The van der Waals surface area contributed by atoms with Crippen LogP contribution in [0.5, 0.6) is 11.5 Å². The van der Waals surface area contributed by atoms with Gasteiger partial charge in [-0.15, -0.1) is 0 Å². The second-order valence-electron chi connectivity index (χ2n) is 11.5. The van der Waals surface area contributed by atoms with E-state index < -0.39 is 0 Å². The Morgan fingerprint density at radius 2 is 1.07 bits per heavy atom. The molecule has 0 N–H and O–H groups in total. The van der Waals surface area contributed by atoms with Gasteiger partial charge in [0.1, 0.15) is 11.3 Å². The molecule has 208 valence electrons. The molecule has 0 fully saturated rings. The zero-order valence-electron chi connectivity index (χ0n) is 24.3. The summed E-state index contributed by atoms with van der Waals surface area (Å²) in [4.78, 5) is 4.94. The van der Waals surface area contributed by atoms with Crippen LogP contribution < -0.4 is 4.74 Å². The summed E-state index contributed by atoms with van der Waals surface area (Å²) >= 11 is 0. The molecule has 3 nitrogen and oxygen atoms in total. The summed E-state index contributed by atoms with van der Waals surface area (Å²) in [5.41, 5.74) is 10.1. The molecule has 0 amide bonds. The Kier molecular flexibility index (Phi) is 5.48. The van der Waals surface area contributed by atoms with Crippen molar-refractivity contribution >= 4 is 32.6 Å². The summed E-state index contributed by atoms with van der Waals surface area (Å²) in [6, 6.07) is 50.2. The van der Waals surface area contributed by atoms with Gasteiger partial charge >= 0.3 is 0 Å². The predicted molar refractivity (Wildman–Crippen MR) is 182 cm³/mol. The Morgan fingerprint density at radius 3 is 1.68 bits per heavy atom. The summed E-state index contributed by atoms with van der Waals surface area (Å²) in [5, 5.41) is 4.97. The number of benzene rings is 7. The van der Waals surface area contributed by atoms with Crippen molar-refractivity contribution < 1.29 is 4.74 Å². The Morgan fingerprint density at radius 1 is 0.500 bits per heavy atom. The van der Waals surface area contributed by atoms with E-state index in [9.17, 15) is 0 Å². The van der Waals surface area contributed by atoms with Crippen molar-refractivity contribution in [3.63, 3.8) is 0 Å². The van der Waals surface area contributed by atoms with Crippen molar-refractivity contribution in [2.45, 2.75) is 13.3 Å². The van der Waals surface area contributed by atoms with Crippen molar-refractivity contribution in [3.8, 4) is 50.6 Å². The van der Waals surface area contributed by atoms with Crippen molar-refractivity contribution in [1.82, 2.24) is 9.55 Å². The molecule has 0 unspecified atom stereocenters. The number of imidazole rings is 1. The quantitative estimate of drug-likeness (QED) is 0.213. The first-order valence-corrected chi connectivity index (χ1v) is 15.2. The molecule has 0 aliphatic carbocycles. The summed E-state index contributed by atoms with van der Waals surface area (Å²) in [6.45, 7) is 2.16. The molecule has 0 bridgehead atoms. The zero-order chi connectivity index (χ0) is 29.2. The maximum Gasteiger partial charge on any atom is 0.153 e. The SMILES string of the molecule is CCc1nc2cccc3c2n1-c1cc(-c2cc(-c4ccc5ccccc5c4)cc(-c4ccc5ccccc5c4)c2)ccc1O3. The second kappa shape index (κ2) is 9.68. The number of hydrogen-bond acceptors (Lipinski definition) is 2. The molecule has 44 heavy (non-hydrogen) atoms. The molecule has 0 saturated carbocycles. The van der Waals surface area contributed by atoms with Crippen LogP contribution in [0.1, 0.15) is 12.7 Å². The highest BCUT2D eigenvalue weighted by molar-refractivity contribution is 5.93. The van der Waals surface area contributed by atoms with Crippen molar-refractivity contribution in [1.29, 1.82) is 0 Å². The van der Waals surface area contributed by atoms with Crippen LogP contribution in [0.15, 0.2) is 140 Å². The highest BCUT2D eigenvalue weighted by Crippen LogP contribution is 2.44. The maximum atomic E-state index is 6.41. The monoisotopic (exact) mass is 564 g/mol. The molecule has 0 saturated heterocycles. The van der Waals surface area contributed by atoms with Gasteiger partial charge in [0.25, 0.3) is 0 Å². The number of aromatic nitrogens is 2. The summed E-state index contributed by atoms with van der Waals surface area (Å²) in [7, 11) is 0. The third kappa shape index (κ3) is 3.94. The Bertz CT molecular complexity index is 2320. The number of aryl methyl sites for hydroxylation is 1. The van der Waals surface area contributed by atoms with E-state index in [-0.39, 0.29) is 0 Å². The highest BCUT2D eigenvalue weighted by Gasteiger charge is 2.24. The van der Waals surface area contributed by atoms with Crippen LogP contribution in [-0.4, -0.2) is 9.55 Å². The van der Waals surface area contributed by atoms with Gasteiger partial charge in [-0.1, -0.05) is 91.9 Å². The average molecular weight is 565 g/mol. The van der Waals surface area contributed by atoms with Crippen LogP contribution >= 0.6 is 0 Å². The average Bonchev–Trinajstić information content (AvgIpc) is 3.48. The minimum absolute atomic E-state index is 0.835. The normalized spacial score (nSPS) is 12.0.